The first-order valence-corrected chi connectivity index (χ1v) is 7.29. The van der Waals surface area contributed by atoms with Crippen molar-refractivity contribution < 1.29 is 12.8 Å². The van der Waals surface area contributed by atoms with Gasteiger partial charge < -0.3 is 5.73 Å². The molecule has 2 rings (SSSR count). The van der Waals surface area contributed by atoms with Crippen molar-refractivity contribution in [2.24, 2.45) is 7.05 Å². The molecule has 0 saturated carbocycles. The first-order valence-electron chi connectivity index (χ1n) is 5.81. The van der Waals surface area contributed by atoms with Gasteiger partial charge in [-0.25, -0.2) is 12.8 Å². The van der Waals surface area contributed by atoms with Crippen LogP contribution in [0, 0.1) is 19.7 Å². The van der Waals surface area contributed by atoms with Crippen molar-refractivity contribution in [3.8, 4) is 0 Å². The Bertz CT molecular complexity index is 768. The summed E-state index contributed by atoms with van der Waals surface area (Å²) < 4.78 is 41.9. The van der Waals surface area contributed by atoms with Gasteiger partial charge in [0.25, 0.3) is 10.0 Å². The minimum Gasteiger partial charge on any atom is -0.395 e. The Morgan fingerprint density at radius 2 is 2.00 bits per heavy atom. The Morgan fingerprint density at radius 1 is 1.35 bits per heavy atom. The number of nitrogens with two attached hydrogens (primary N) is 1. The highest BCUT2D eigenvalue weighted by Gasteiger charge is 2.22. The molecule has 0 saturated heterocycles. The van der Waals surface area contributed by atoms with E-state index in [-0.39, 0.29) is 4.90 Å². The molecule has 1 aromatic heterocycles. The molecule has 0 atom stereocenters. The molecule has 6 nitrogen and oxygen atoms in total. The number of anilines is 2. The number of sulfonamides is 1. The van der Waals surface area contributed by atoms with E-state index in [1.54, 1.807) is 25.6 Å². The van der Waals surface area contributed by atoms with E-state index in [1.807, 2.05) is 0 Å². The second-order valence-corrected chi connectivity index (χ2v) is 6.08. The zero-order chi connectivity index (χ0) is 15.1. The lowest BCUT2D eigenvalue weighted by atomic mass is 10.3. The summed E-state index contributed by atoms with van der Waals surface area (Å²) in [5.41, 5.74) is 6.64. The third kappa shape index (κ3) is 2.34. The van der Waals surface area contributed by atoms with Crippen LogP contribution < -0.4 is 10.5 Å². The highest BCUT2D eigenvalue weighted by molar-refractivity contribution is 7.92. The van der Waals surface area contributed by atoms with Gasteiger partial charge in [-0.1, -0.05) is 6.07 Å². The molecule has 0 aliphatic rings. The van der Waals surface area contributed by atoms with Crippen molar-refractivity contribution in [1.82, 2.24) is 9.78 Å². The molecule has 0 amide bonds. The van der Waals surface area contributed by atoms with E-state index in [2.05, 4.69) is 9.82 Å². The first-order chi connectivity index (χ1) is 9.24. The normalized spacial score (nSPS) is 11.6. The highest BCUT2D eigenvalue weighted by atomic mass is 32.2. The van der Waals surface area contributed by atoms with Gasteiger partial charge in [-0.05, 0) is 26.0 Å². The largest absolute Gasteiger partial charge is 0.395 e. The number of halogens is 1. The zero-order valence-electron chi connectivity index (χ0n) is 11.3. The highest BCUT2D eigenvalue weighted by Crippen LogP contribution is 2.26. The van der Waals surface area contributed by atoms with E-state index >= 15 is 0 Å². The predicted octanol–water partition coefficient (Wildman–Crippen LogP) is 1.56. The number of nitrogens with one attached hydrogen (secondary N) is 1. The molecule has 2 aromatic rings. The summed E-state index contributed by atoms with van der Waals surface area (Å²) in [6, 6.07) is 3.65. The third-order valence-corrected chi connectivity index (χ3v) is 4.46. The Hall–Kier alpha value is -2.09. The molecule has 20 heavy (non-hydrogen) atoms. The minimum absolute atomic E-state index is 0.292. The van der Waals surface area contributed by atoms with Crippen LogP contribution in [0.5, 0.6) is 0 Å². The Kier molecular flexibility index (Phi) is 3.43. The van der Waals surface area contributed by atoms with Crippen LogP contribution in [0.25, 0.3) is 0 Å². The maximum absolute atomic E-state index is 13.4. The molecular weight excluding hydrogens is 283 g/mol. The van der Waals surface area contributed by atoms with Crippen molar-refractivity contribution in [3.63, 3.8) is 0 Å². The molecular formula is C12H15FN4O2S. The Labute approximate surface area is 116 Å². The molecule has 0 spiro atoms. The first kappa shape index (κ1) is 14.3. The molecule has 0 aliphatic carbocycles. The topological polar surface area (TPSA) is 90.0 Å². The zero-order valence-corrected chi connectivity index (χ0v) is 12.1. The van der Waals surface area contributed by atoms with Crippen molar-refractivity contribution in [3.05, 3.63) is 35.4 Å². The fraction of sp³-hybridized carbons (Fsp3) is 0.250. The van der Waals surface area contributed by atoms with Gasteiger partial charge in [0, 0.05) is 7.05 Å². The van der Waals surface area contributed by atoms with E-state index in [0.29, 0.717) is 17.1 Å². The van der Waals surface area contributed by atoms with Crippen molar-refractivity contribution in [2.75, 3.05) is 10.5 Å². The molecule has 0 aliphatic heterocycles. The average Bonchev–Trinajstić information content (AvgIpc) is 2.59. The van der Waals surface area contributed by atoms with E-state index in [4.69, 9.17) is 5.73 Å². The van der Waals surface area contributed by atoms with Crippen LogP contribution in [0.3, 0.4) is 0 Å². The van der Waals surface area contributed by atoms with Crippen LogP contribution in [0.15, 0.2) is 23.1 Å². The van der Waals surface area contributed by atoms with Crippen LogP contribution in [-0.2, 0) is 17.1 Å². The number of nitrogen functional groups attached to an aromatic ring is 1. The second kappa shape index (κ2) is 4.78. The Morgan fingerprint density at radius 3 is 2.55 bits per heavy atom. The van der Waals surface area contributed by atoms with Crippen molar-refractivity contribution >= 4 is 21.4 Å². The molecule has 0 fully saturated rings. The number of nitrogens with zero attached hydrogens (tertiary/aromatic N) is 2. The monoisotopic (exact) mass is 298 g/mol. The number of benzene rings is 1. The average molecular weight is 298 g/mol. The number of hydrogen-bond donors (Lipinski definition) is 2. The predicted molar refractivity (Wildman–Crippen MR) is 74.3 cm³/mol. The van der Waals surface area contributed by atoms with Crippen LogP contribution in [0.1, 0.15) is 11.4 Å². The second-order valence-electron chi connectivity index (χ2n) is 4.43. The van der Waals surface area contributed by atoms with Gasteiger partial charge in [-0.3, -0.25) is 9.40 Å². The van der Waals surface area contributed by atoms with Gasteiger partial charge in [0.1, 0.15) is 10.7 Å². The lowest BCUT2D eigenvalue weighted by Crippen LogP contribution is -2.16. The minimum atomic E-state index is -3.97. The van der Waals surface area contributed by atoms with E-state index in [9.17, 15) is 12.8 Å². The number of hydrogen-bond acceptors (Lipinski definition) is 4. The van der Waals surface area contributed by atoms with Crippen molar-refractivity contribution in [1.29, 1.82) is 0 Å². The van der Waals surface area contributed by atoms with Gasteiger partial charge >= 0.3 is 0 Å². The fourth-order valence-corrected chi connectivity index (χ4v) is 3.18. The molecule has 0 unspecified atom stereocenters. The smallest absolute Gasteiger partial charge is 0.264 e. The Balaban J connectivity index is 2.49. The fourth-order valence-electron chi connectivity index (χ4n) is 1.86. The molecule has 0 bridgehead atoms. The van der Waals surface area contributed by atoms with Crippen LogP contribution in [0.4, 0.5) is 15.8 Å². The van der Waals surface area contributed by atoms with Gasteiger partial charge in [0.05, 0.1) is 22.8 Å². The maximum atomic E-state index is 13.4. The molecule has 1 heterocycles. The van der Waals surface area contributed by atoms with E-state index < -0.39 is 21.5 Å². The summed E-state index contributed by atoms with van der Waals surface area (Å²) in [6.45, 7) is 3.41. The van der Waals surface area contributed by atoms with Gasteiger partial charge in [0.15, 0.2) is 0 Å². The van der Waals surface area contributed by atoms with Gasteiger partial charge in [0.2, 0.25) is 0 Å². The van der Waals surface area contributed by atoms with E-state index in [0.717, 1.165) is 6.07 Å². The van der Waals surface area contributed by atoms with Gasteiger partial charge in [-0.2, -0.15) is 5.10 Å². The molecule has 8 heteroatoms. The standard InChI is InChI=1S/C12H15FN4O2S/c1-7-12(8(2)17(3)15-7)16-20(18,19)10-6-4-5-9(13)11(10)14/h4-6,16H,14H2,1-3H3. The number of aryl methyl sites for hydroxylation is 2. The number of para-hydroxylation sites is 1. The molecule has 3 N–H and O–H groups in total. The number of aromatic nitrogens is 2. The maximum Gasteiger partial charge on any atom is 0.264 e. The number of rotatable bonds is 3. The summed E-state index contributed by atoms with van der Waals surface area (Å²) in [7, 11) is -2.26. The summed E-state index contributed by atoms with van der Waals surface area (Å²) in [6.07, 6.45) is 0. The van der Waals surface area contributed by atoms with Crippen LogP contribution >= 0.6 is 0 Å². The summed E-state index contributed by atoms with van der Waals surface area (Å²) in [5.74, 6) is -0.771. The lowest BCUT2D eigenvalue weighted by Gasteiger charge is -2.10. The molecule has 108 valence electrons. The van der Waals surface area contributed by atoms with Crippen LogP contribution in [-0.4, -0.2) is 18.2 Å². The summed E-state index contributed by atoms with van der Waals surface area (Å²) >= 11 is 0. The van der Waals surface area contributed by atoms with Crippen LogP contribution in [0.2, 0.25) is 0 Å². The van der Waals surface area contributed by atoms with Crippen molar-refractivity contribution in [2.45, 2.75) is 18.7 Å². The SMILES string of the molecule is Cc1nn(C)c(C)c1NS(=O)(=O)c1cccc(F)c1N. The summed E-state index contributed by atoms with van der Waals surface area (Å²) in [5, 5.41) is 4.11. The third-order valence-electron chi connectivity index (χ3n) is 3.05. The quantitative estimate of drug-likeness (QED) is 0.841. The molecule has 1 aromatic carbocycles. The van der Waals surface area contributed by atoms with Gasteiger partial charge in [-0.15, -0.1) is 0 Å². The summed E-state index contributed by atoms with van der Waals surface area (Å²) in [4.78, 5) is -0.292. The lowest BCUT2D eigenvalue weighted by molar-refractivity contribution is 0.597. The van der Waals surface area contributed by atoms with E-state index in [1.165, 1.54) is 12.1 Å². The molecule has 0 radical (unpaired) electrons.